The van der Waals surface area contributed by atoms with Crippen LogP contribution in [0.25, 0.3) is 0 Å². The summed E-state index contributed by atoms with van der Waals surface area (Å²) in [6, 6.07) is 3.89. The molecule has 1 aromatic rings. The zero-order chi connectivity index (χ0) is 12.3. The molecular weight excluding hydrogens is 216 g/mol. The van der Waals surface area contributed by atoms with E-state index in [1.807, 2.05) is 26.1 Å². The van der Waals surface area contributed by atoms with E-state index >= 15 is 0 Å². The fourth-order valence-electron chi connectivity index (χ4n) is 1.53. The van der Waals surface area contributed by atoms with Gasteiger partial charge in [0.05, 0.1) is 0 Å². The minimum atomic E-state index is -0.234. The molecule has 3 N–H and O–H groups in total. The lowest BCUT2D eigenvalue weighted by Gasteiger charge is -2.15. The van der Waals surface area contributed by atoms with Gasteiger partial charge in [-0.25, -0.2) is 4.98 Å². The number of hydrogen-bond donors (Lipinski definition) is 3. The van der Waals surface area contributed by atoms with E-state index in [1.54, 1.807) is 6.20 Å². The Morgan fingerprint density at radius 3 is 2.94 bits per heavy atom. The van der Waals surface area contributed by atoms with Gasteiger partial charge in [0, 0.05) is 31.0 Å². The number of hydrogen-bond acceptors (Lipinski definition) is 4. The van der Waals surface area contributed by atoms with E-state index in [4.69, 9.17) is 0 Å². The molecule has 5 heteroatoms. The predicted octanol–water partition coefficient (Wildman–Crippen LogP) is 1.20. The summed E-state index contributed by atoms with van der Waals surface area (Å²) in [5.41, 5.74) is 0.891. The molecule has 0 bridgehead atoms. The summed E-state index contributed by atoms with van der Waals surface area (Å²) in [5, 5.41) is 9.09. The normalized spacial score (nSPS) is 16.1. The second kappa shape index (κ2) is 5.03. The van der Waals surface area contributed by atoms with Crippen LogP contribution in [0.4, 0.5) is 11.5 Å². The molecule has 0 aromatic carbocycles. The van der Waals surface area contributed by atoms with Crippen molar-refractivity contribution in [2.75, 3.05) is 17.7 Å². The van der Waals surface area contributed by atoms with Crippen molar-refractivity contribution in [2.45, 2.75) is 31.8 Å². The second-order valence-electron chi connectivity index (χ2n) is 4.33. The van der Waals surface area contributed by atoms with Crippen LogP contribution >= 0.6 is 0 Å². The Hall–Kier alpha value is -1.78. The first-order valence-corrected chi connectivity index (χ1v) is 5.90. The molecule has 1 heterocycles. The molecule has 5 nitrogen and oxygen atoms in total. The van der Waals surface area contributed by atoms with E-state index in [9.17, 15) is 4.79 Å². The van der Waals surface area contributed by atoms with Crippen LogP contribution in [0, 0.1) is 0 Å². The largest absolute Gasteiger partial charge is 0.374 e. The highest BCUT2D eigenvalue weighted by atomic mass is 16.2. The number of nitrogens with zero attached hydrogens (tertiary/aromatic N) is 1. The third kappa shape index (κ3) is 3.34. The number of aromatic nitrogens is 1. The Balaban J connectivity index is 1.91. The Kier molecular flexibility index (Phi) is 3.46. The van der Waals surface area contributed by atoms with E-state index in [-0.39, 0.29) is 11.9 Å². The molecule has 1 amide bonds. The van der Waals surface area contributed by atoms with Gasteiger partial charge in [-0.2, -0.15) is 0 Å². The number of carbonyl (C=O) groups is 1. The minimum absolute atomic E-state index is 0.0512. The molecule has 0 saturated heterocycles. The molecule has 1 fully saturated rings. The molecule has 0 aliphatic heterocycles. The van der Waals surface area contributed by atoms with Gasteiger partial charge in [-0.1, -0.05) is 0 Å². The fraction of sp³-hybridized carbons (Fsp3) is 0.500. The third-order valence-electron chi connectivity index (χ3n) is 2.72. The van der Waals surface area contributed by atoms with E-state index < -0.39 is 0 Å². The first kappa shape index (κ1) is 11.7. The van der Waals surface area contributed by atoms with Crippen molar-refractivity contribution in [1.29, 1.82) is 0 Å². The van der Waals surface area contributed by atoms with Crippen LogP contribution in [0.5, 0.6) is 0 Å². The zero-order valence-corrected chi connectivity index (χ0v) is 10.2. The van der Waals surface area contributed by atoms with Gasteiger partial charge in [-0.15, -0.1) is 0 Å². The smallest absolute Gasteiger partial charge is 0.242 e. The SMILES string of the molecule is CNc1cc(NC(C)C(=O)NC2CC2)ccn1. The molecule has 1 unspecified atom stereocenters. The summed E-state index contributed by atoms with van der Waals surface area (Å²) in [6.45, 7) is 1.86. The average Bonchev–Trinajstić information content (AvgIpc) is 3.13. The van der Waals surface area contributed by atoms with Gasteiger partial charge in [0.1, 0.15) is 11.9 Å². The van der Waals surface area contributed by atoms with Gasteiger partial charge in [-0.05, 0) is 25.8 Å². The summed E-state index contributed by atoms with van der Waals surface area (Å²) in [7, 11) is 1.81. The van der Waals surface area contributed by atoms with Crippen molar-refractivity contribution in [3.63, 3.8) is 0 Å². The maximum atomic E-state index is 11.7. The van der Waals surface area contributed by atoms with Gasteiger partial charge < -0.3 is 16.0 Å². The maximum absolute atomic E-state index is 11.7. The van der Waals surface area contributed by atoms with Crippen molar-refractivity contribution in [2.24, 2.45) is 0 Å². The zero-order valence-electron chi connectivity index (χ0n) is 10.2. The van der Waals surface area contributed by atoms with E-state index in [1.165, 1.54) is 0 Å². The Morgan fingerprint density at radius 1 is 1.53 bits per heavy atom. The lowest BCUT2D eigenvalue weighted by molar-refractivity contribution is -0.121. The summed E-state index contributed by atoms with van der Waals surface area (Å²) < 4.78 is 0. The number of nitrogens with one attached hydrogen (secondary N) is 3. The van der Waals surface area contributed by atoms with Crippen molar-refractivity contribution >= 4 is 17.4 Å². The molecule has 2 rings (SSSR count). The second-order valence-corrected chi connectivity index (χ2v) is 4.33. The Labute approximate surface area is 101 Å². The van der Waals surface area contributed by atoms with Crippen LogP contribution in [0.1, 0.15) is 19.8 Å². The van der Waals surface area contributed by atoms with Gasteiger partial charge in [0.2, 0.25) is 5.91 Å². The molecule has 1 atom stereocenters. The number of amides is 1. The molecule has 0 radical (unpaired) electrons. The monoisotopic (exact) mass is 234 g/mol. The van der Waals surface area contributed by atoms with Crippen LogP contribution in [-0.4, -0.2) is 30.0 Å². The molecule has 92 valence electrons. The highest BCUT2D eigenvalue weighted by molar-refractivity contribution is 5.84. The van der Waals surface area contributed by atoms with Crippen molar-refractivity contribution < 1.29 is 4.79 Å². The highest BCUT2D eigenvalue weighted by Crippen LogP contribution is 2.19. The van der Waals surface area contributed by atoms with E-state index in [0.29, 0.717) is 6.04 Å². The Bertz CT molecular complexity index is 403. The van der Waals surface area contributed by atoms with Crippen LogP contribution in [0.2, 0.25) is 0 Å². The summed E-state index contributed by atoms with van der Waals surface area (Å²) >= 11 is 0. The molecule has 17 heavy (non-hydrogen) atoms. The lowest BCUT2D eigenvalue weighted by Crippen LogP contribution is -2.38. The molecule has 1 aliphatic carbocycles. The number of anilines is 2. The van der Waals surface area contributed by atoms with Crippen molar-refractivity contribution in [1.82, 2.24) is 10.3 Å². The first-order valence-electron chi connectivity index (χ1n) is 5.90. The molecule has 1 aromatic heterocycles. The van der Waals surface area contributed by atoms with Gasteiger partial charge in [0.25, 0.3) is 0 Å². The van der Waals surface area contributed by atoms with Crippen molar-refractivity contribution in [3.05, 3.63) is 18.3 Å². The topological polar surface area (TPSA) is 66.0 Å². The van der Waals surface area contributed by atoms with Crippen LogP contribution in [-0.2, 0) is 4.79 Å². The standard InChI is InChI=1S/C12H18N4O/c1-8(12(17)16-9-3-4-9)15-10-5-6-14-11(7-10)13-2/h5-9H,3-4H2,1-2H3,(H,16,17)(H2,13,14,15). The van der Waals surface area contributed by atoms with Crippen molar-refractivity contribution in [3.8, 4) is 0 Å². The summed E-state index contributed by atoms with van der Waals surface area (Å²) in [4.78, 5) is 15.9. The third-order valence-corrected chi connectivity index (χ3v) is 2.72. The van der Waals surface area contributed by atoms with Crippen LogP contribution in [0.15, 0.2) is 18.3 Å². The molecule has 1 aliphatic rings. The molecule has 0 spiro atoms. The Morgan fingerprint density at radius 2 is 2.29 bits per heavy atom. The quantitative estimate of drug-likeness (QED) is 0.716. The van der Waals surface area contributed by atoms with E-state index in [0.717, 1.165) is 24.3 Å². The van der Waals surface area contributed by atoms with Gasteiger partial charge in [0.15, 0.2) is 0 Å². The fourth-order valence-corrected chi connectivity index (χ4v) is 1.53. The predicted molar refractivity (Wildman–Crippen MR) is 68.0 cm³/mol. The average molecular weight is 234 g/mol. The minimum Gasteiger partial charge on any atom is -0.374 e. The first-order chi connectivity index (χ1) is 8.19. The number of pyridine rings is 1. The molecule has 1 saturated carbocycles. The van der Waals surface area contributed by atoms with Gasteiger partial charge in [-0.3, -0.25) is 4.79 Å². The maximum Gasteiger partial charge on any atom is 0.242 e. The molecular formula is C12H18N4O. The summed E-state index contributed by atoms with van der Waals surface area (Å²) in [5.74, 6) is 0.833. The number of rotatable bonds is 5. The van der Waals surface area contributed by atoms with Gasteiger partial charge >= 0.3 is 0 Å². The summed E-state index contributed by atoms with van der Waals surface area (Å²) in [6.07, 6.45) is 3.93. The van der Waals surface area contributed by atoms with Crippen LogP contribution in [0.3, 0.4) is 0 Å². The van der Waals surface area contributed by atoms with Crippen LogP contribution < -0.4 is 16.0 Å². The lowest BCUT2D eigenvalue weighted by atomic mass is 10.2. The highest BCUT2D eigenvalue weighted by Gasteiger charge is 2.25. The van der Waals surface area contributed by atoms with E-state index in [2.05, 4.69) is 20.9 Å². The number of carbonyl (C=O) groups excluding carboxylic acids is 1.